The lowest BCUT2D eigenvalue weighted by atomic mass is 9.60. The summed E-state index contributed by atoms with van der Waals surface area (Å²) in [6, 6.07) is 0.419. The molecule has 1 saturated heterocycles. The van der Waals surface area contributed by atoms with E-state index in [-0.39, 0.29) is 11.0 Å². The molecule has 3 rings (SSSR count). The summed E-state index contributed by atoms with van der Waals surface area (Å²) in [6.07, 6.45) is 4.18. The van der Waals surface area contributed by atoms with Crippen LogP contribution in [-0.2, 0) is 9.73 Å². The highest BCUT2D eigenvalue weighted by atomic mass is 32.2. The quantitative estimate of drug-likeness (QED) is 0.628. The van der Waals surface area contributed by atoms with Crippen LogP contribution in [0.25, 0.3) is 4.85 Å². The molecule has 2 aliphatic carbocycles. The molecule has 1 spiro atoms. The predicted molar refractivity (Wildman–Crippen MR) is 60.0 cm³/mol. The molecule has 1 heterocycles. The molecule has 0 aromatic heterocycles. The number of rotatable bonds is 1. The molecule has 0 aromatic carbocycles. The van der Waals surface area contributed by atoms with E-state index in [4.69, 9.17) is 6.57 Å². The zero-order valence-electron chi connectivity index (χ0n) is 9.03. The molecular weight excluding hydrogens is 208 g/mol. The van der Waals surface area contributed by atoms with E-state index in [0.29, 0.717) is 6.04 Å². The summed E-state index contributed by atoms with van der Waals surface area (Å²) in [5.74, 6) is 1.56. The minimum Gasteiger partial charge on any atom is -0.311 e. The lowest BCUT2D eigenvalue weighted by Crippen LogP contribution is -2.61. The Bertz CT molecular complexity index is 443. The largest absolute Gasteiger partial charge is 0.311 e. The van der Waals surface area contributed by atoms with Crippen molar-refractivity contribution in [2.75, 3.05) is 11.5 Å². The van der Waals surface area contributed by atoms with Gasteiger partial charge in [-0.3, -0.25) is 0 Å². The van der Waals surface area contributed by atoms with Crippen molar-refractivity contribution in [3.05, 3.63) is 11.4 Å². The molecule has 15 heavy (non-hydrogen) atoms. The van der Waals surface area contributed by atoms with Crippen molar-refractivity contribution in [1.82, 2.24) is 0 Å². The Morgan fingerprint density at radius 3 is 2.47 bits per heavy atom. The molecule has 3 aliphatic rings. The van der Waals surface area contributed by atoms with Crippen molar-refractivity contribution >= 4 is 9.73 Å². The second kappa shape index (κ2) is 2.57. The third-order valence-corrected chi connectivity index (χ3v) is 6.54. The second-order valence-electron chi connectivity index (χ2n) is 5.86. The molecule has 2 saturated carbocycles. The van der Waals surface area contributed by atoms with Crippen LogP contribution < -0.4 is 0 Å². The summed E-state index contributed by atoms with van der Waals surface area (Å²) < 4.78 is 16.6. The summed E-state index contributed by atoms with van der Waals surface area (Å²) >= 11 is 0. The fourth-order valence-electron chi connectivity index (χ4n) is 3.29. The van der Waals surface area contributed by atoms with Crippen LogP contribution in [-0.4, -0.2) is 27.3 Å². The van der Waals surface area contributed by atoms with E-state index in [2.05, 4.69) is 9.21 Å². The topological polar surface area (TPSA) is 33.8 Å². The van der Waals surface area contributed by atoms with Crippen molar-refractivity contribution in [1.29, 1.82) is 0 Å². The van der Waals surface area contributed by atoms with E-state index in [1.165, 1.54) is 0 Å². The van der Waals surface area contributed by atoms with Gasteiger partial charge in [-0.15, -0.1) is 0 Å². The van der Waals surface area contributed by atoms with Crippen LogP contribution in [0.5, 0.6) is 0 Å². The highest BCUT2D eigenvalue weighted by molar-refractivity contribution is 7.95. The summed E-state index contributed by atoms with van der Waals surface area (Å²) in [5.41, 5.74) is 0.0924. The van der Waals surface area contributed by atoms with Crippen molar-refractivity contribution < 1.29 is 4.21 Å². The molecule has 0 radical (unpaired) electrons. The number of hydrogen-bond acceptors (Lipinski definition) is 2. The molecule has 0 unspecified atom stereocenters. The summed E-state index contributed by atoms with van der Waals surface area (Å²) in [4.78, 5) is 3.65. The normalized spacial score (nSPS) is 52.8. The Morgan fingerprint density at radius 1 is 1.40 bits per heavy atom. The molecule has 4 heteroatoms. The van der Waals surface area contributed by atoms with E-state index in [1.807, 2.05) is 6.92 Å². The van der Waals surface area contributed by atoms with Crippen molar-refractivity contribution in [3.8, 4) is 0 Å². The van der Waals surface area contributed by atoms with Gasteiger partial charge < -0.3 is 4.85 Å². The summed E-state index contributed by atoms with van der Waals surface area (Å²) in [5, 5.41) is 0. The molecular formula is C11H16N2OS. The Morgan fingerprint density at radius 2 is 2.00 bits per heavy atom. The van der Waals surface area contributed by atoms with E-state index in [9.17, 15) is 4.21 Å². The van der Waals surface area contributed by atoms with Gasteiger partial charge in [-0.1, -0.05) is 0 Å². The highest BCUT2D eigenvalue weighted by Crippen LogP contribution is 2.57. The Balaban J connectivity index is 1.68. The maximum atomic E-state index is 12.2. The fourth-order valence-corrected chi connectivity index (χ4v) is 6.43. The van der Waals surface area contributed by atoms with Gasteiger partial charge in [-0.05, 0) is 12.8 Å². The maximum absolute atomic E-state index is 12.2. The SMILES string of the molecule is [C-]#[N+]C1(C)CC2(C1)CS(=O)(=NC1CC1)C2. The van der Waals surface area contributed by atoms with Gasteiger partial charge in [0, 0.05) is 46.4 Å². The molecule has 0 bridgehead atoms. The van der Waals surface area contributed by atoms with Crippen molar-refractivity contribution in [2.45, 2.75) is 44.2 Å². The standard InChI is InChI=1S/C11H16N2OS/c1-10(12-2)5-11(6-10)7-15(14,8-11)13-9-3-4-9/h9H,3-8H2,1H3. The van der Waals surface area contributed by atoms with Crippen molar-refractivity contribution in [3.63, 3.8) is 0 Å². The molecule has 3 nitrogen and oxygen atoms in total. The molecule has 82 valence electrons. The number of nitrogens with zero attached hydrogens (tertiary/aromatic N) is 2. The first-order valence-corrected chi connectivity index (χ1v) is 7.42. The molecule has 3 fully saturated rings. The third-order valence-electron chi connectivity index (χ3n) is 3.73. The van der Waals surface area contributed by atoms with E-state index < -0.39 is 9.73 Å². The molecule has 0 aromatic rings. The average molecular weight is 224 g/mol. The van der Waals surface area contributed by atoms with Crippen LogP contribution >= 0.6 is 0 Å². The number of hydrogen-bond donors (Lipinski definition) is 0. The van der Waals surface area contributed by atoms with Crippen LogP contribution in [0.1, 0.15) is 32.6 Å². The van der Waals surface area contributed by atoms with Gasteiger partial charge in [-0.2, -0.15) is 0 Å². The van der Waals surface area contributed by atoms with Crippen LogP contribution in [0.15, 0.2) is 4.36 Å². The molecule has 0 atom stereocenters. The van der Waals surface area contributed by atoms with Gasteiger partial charge in [0.25, 0.3) is 0 Å². The Kier molecular flexibility index (Phi) is 1.65. The smallest absolute Gasteiger partial charge is 0.231 e. The predicted octanol–water partition coefficient (Wildman–Crippen LogP) is 2.09. The van der Waals surface area contributed by atoms with E-state index in [0.717, 1.165) is 37.2 Å². The van der Waals surface area contributed by atoms with Crippen LogP contribution in [0.2, 0.25) is 0 Å². The Labute approximate surface area is 91.3 Å². The molecule has 0 amide bonds. The monoisotopic (exact) mass is 224 g/mol. The third kappa shape index (κ3) is 1.48. The lowest BCUT2D eigenvalue weighted by molar-refractivity contribution is 0.0999. The summed E-state index contributed by atoms with van der Waals surface area (Å²) in [6.45, 7) is 9.10. The first-order valence-electron chi connectivity index (χ1n) is 5.57. The molecule has 1 aliphatic heterocycles. The van der Waals surface area contributed by atoms with Crippen LogP contribution in [0, 0.1) is 12.0 Å². The van der Waals surface area contributed by atoms with E-state index >= 15 is 0 Å². The first kappa shape index (κ1) is 9.65. The fraction of sp³-hybridized carbons (Fsp3) is 0.909. The minimum absolute atomic E-state index is 0.152. The van der Waals surface area contributed by atoms with E-state index in [1.54, 1.807) is 0 Å². The van der Waals surface area contributed by atoms with Gasteiger partial charge in [-0.25, -0.2) is 15.1 Å². The van der Waals surface area contributed by atoms with Crippen molar-refractivity contribution in [2.24, 2.45) is 9.78 Å². The van der Waals surface area contributed by atoms with Gasteiger partial charge in [0.05, 0.1) is 6.04 Å². The van der Waals surface area contributed by atoms with Gasteiger partial charge in [0.1, 0.15) is 0 Å². The van der Waals surface area contributed by atoms with Crippen LogP contribution in [0.3, 0.4) is 0 Å². The van der Waals surface area contributed by atoms with Crippen LogP contribution in [0.4, 0.5) is 0 Å². The minimum atomic E-state index is -1.83. The molecule has 0 N–H and O–H groups in total. The first-order chi connectivity index (χ1) is 6.97. The van der Waals surface area contributed by atoms with Gasteiger partial charge in [0.15, 0.2) is 0 Å². The average Bonchev–Trinajstić information content (AvgIpc) is 2.82. The Hall–Kier alpha value is -0.560. The van der Waals surface area contributed by atoms with Gasteiger partial charge in [0.2, 0.25) is 5.54 Å². The maximum Gasteiger partial charge on any atom is 0.231 e. The van der Waals surface area contributed by atoms with Gasteiger partial charge >= 0.3 is 0 Å². The zero-order valence-corrected chi connectivity index (χ0v) is 9.85. The second-order valence-corrected chi connectivity index (χ2v) is 8.19. The lowest BCUT2D eigenvalue weighted by Gasteiger charge is -2.54. The zero-order chi connectivity index (χ0) is 10.7. The summed E-state index contributed by atoms with van der Waals surface area (Å²) in [7, 11) is -1.83. The highest BCUT2D eigenvalue weighted by Gasteiger charge is 2.64.